The maximum absolute atomic E-state index is 11.7. The predicted molar refractivity (Wildman–Crippen MR) is 63.4 cm³/mol. The lowest BCUT2D eigenvalue weighted by molar-refractivity contribution is -0.119. The van der Waals surface area contributed by atoms with E-state index in [2.05, 4.69) is 16.9 Å². The number of aromatic amines is 1. The van der Waals surface area contributed by atoms with E-state index in [-0.39, 0.29) is 5.91 Å². The molecule has 1 aromatic heterocycles. The fraction of sp³-hybridized carbons (Fsp3) is 0.667. The van der Waals surface area contributed by atoms with Crippen LogP contribution >= 0.6 is 0 Å². The van der Waals surface area contributed by atoms with Gasteiger partial charge in [0.05, 0.1) is 6.20 Å². The third-order valence-corrected chi connectivity index (χ3v) is 3.00. The lowest BCUT2D eigenvalue weighted by atomic mass is 10.1. The molecule has 1 saturated heterocycles. The summed E-state index contributed by atoms with van der Waals surface area (Å²) in [5.41, 5.74) is 0. The van der Waals surface area contributed by atoms with Gasteiger partial charge in [-0.15, -0.1) is 0 Å². The second-order valence-electron chi connectivity index (χ2n) is 4.32. The van der Waals surface area contributed by atoms with Crippen molar-refractivity contribution in [1.29, 1.82) is 0 Å². The molecule has 2 heterocycles. The fourth-order valence-electron chi connectivity index (χ4n) is 2.02. The minimum absolute atomic E-state index is 0.219. The van der Waals surface area contributed by atoms with Gasteiger partial charge < -0.3 is 4.98 Å². The summed E-state index contributed by atoms with van der Waals surface area (Å²) in [4.78, 5) is 21.1. The molecule has 0 radical (unpaired) electrons. The highest BCUT2D eigenvalue weighted by Gasteiger charge is 2.20. The first-order chi connectivity index (χ1) is 7.81. The maximum Gasteiger partial charge on any atom is 0.228 e. The monoisotopic (exact) mass is 221 g/mol. The van der Waals surface area contributed by atoms with Crippen molar-refractivity contribution in [1.82, 2.24) is 9.97 Å². The van der Waals surface area contributed by atoms with Crippen molar-refractivity contribution < 1.29 is 4.79 Å². The number of nitrogens with one attached hydrogen (secondary N) is 1. The van der Waals surface area contributed by atoms with Gasteiger partial charge in [-0.1, -0.05) is 13.3 Å². The molecule has 1 N–H and O–H groups in total. The molecule has 1 amide bonds. The summed E-state index contributed by atoms with van der Waals surface area (Å²) in [7, 11) is 0. The SMILES string of the molecule is CCCCc1ncc(N2CCCCC2=O)[nH]1. The second kappa shape index (κ2) is 5.14. The predicted octanol–water partition coefficient (Wildman–Crippen LogP) is 2.27. The molecular weight excluding hydrogens is 202 g/mol. The van der Waals surface area contributed by atoms with Crippen LogP contribution in [0.25, 0.3) is 0 Å². The summed E-state index contributed by atoms with van der Waals surface area (Å²) in [6.45, 7) is 2.99. The molecule has 1 aliphatic rings. The number of nitrogens with zero attached hydrogens (tertiary/aromatic N) is 2. The van der Waals surface area contributed by atoms with Crippen LogP contribution in [-0.2, 0) is 11.2 Å². The van der Waals surface area contributed by atoms with E-state index in [1.54, 1.807) is 6.20 Å². The third-order valence-electron chi connectivity index (χ3n) is 3.00. The lowest BCUT2D eigenvalue weighted by Gasteiger charge is -2.24. The van der Waals surface area contributed by atoms with Crippen molar-refractivity contribution in [2.45, 2.75) is 45.4 Å². The van der Waals surface area contributed by atoms with E-state index in [9.17, 15) is 4.79 Å². The summed E-state index contributed by atoms with van der Waals surface area (Å²) in [6.07, 6.45) is 7.84. The Balaban J connectivity index is 2.02. The molecule has 4 heteroatoms. The summed E-state index contributed by atoms with van der Waals surface area (Å²) < 4.78 is 0. The summed E-state index contributed by atoms with van der Waals surface area (Å²) >= 11 is 0. The number of carbonyl (C=O) groups is 1. The topological polar surface area (TPSA) is 49.0 Å². The molecule has 88 valence electrons. The summed E-state index contributed by atoms with van der Waals surface area (Å²) in [6, 6.07) is 0. The van der Waals surface area contributed by atoms with Crippen LogP contribution in [0.1, 0.15) is 44.9 Å². The van der Waals surface area contributed by atoms with E-state index in [0.29, 0.717) is 6.42 Å². The van der Waals surface area contributed by atoms with Gasteiger partial charge in [0.25, 0.3) is 0 Å². The van der Waals surface area contributed by atoms with Gasteiger partial charge in [0.15, 0.2) is 0 Å². The number of amides is 1. The Hall–Kier alpha value is -1.32. The Morgan fingerprint density at radius 3 is 3.12 bits per heavy atom. The highest BCUT2D eigenvalue weighted by atomic mass is 16.2. The van der Waals surface area contributed by atoms with Gasteiger partial charge in [0.2, 0.25) is 5.91 Å². The Morgan fingerprint density at radius 1 is 1.50 bits per heavy atom. The van der Waals surface area contributed by atoms with Crippen LogP contribution in [0, 0.1) is 0 Å². The minimum Gasteiger partial charge on any atom is -0.329 e. The molecule has 4 nitrogen and oxygen atoms in total. The van der Waals surface area contributed by atoms with Gasteiger partial charge in [-0.25, -0.2) is 4.98 Å². The number of piperidine rings is 1. The van der Waals surface area contributed by atoms with Crippen LogP contribution in [0.5, 0.6) is 0 Å². The van der Waals surface area contributed by atoms with E-state index in [1.807, 2.05) is 4.90 Å². The third kappa shape index (κ3) is 2.43. The average molecular weight is 221 g/mol. The zero-order valence-corrected chi connectivity index (χ0v) is 9.83. The highest BCUT2D eigenvalue weighted by Crippen LogP contribution is 2.19. The van der Waals surface area contributed by atoms with Gasteiger partial charge >= 0.3 is 0 Å². The van der Waals surface area contributed by atoms with E-state index in [0.717, 1.165) is 43.9 Å². The maximum atomic E-state index is 11.7. The standard InChI is InChI=1S/C12H19N3O/c1-2-3-6-10-13-9-11(14-10)15-8-5-4-7-12(15)16/h9H,2-8H2,1H3,(H,13,14). The van der Waals surface area contributed by atoms with E-state index >= 15 is 0 Å². The lowest BCUT2D eigenvalue weighted by Crippen LogP contribution is -2.35. The van der Waals surface area contributed by atoms with Gasteiger partial charge in [-0.2, -0.15) is 0 Å². The Morgan fingerprint density at radius 2 is 2.38 bits per heavy atom. The number of unbranched alkanes of at least 4 members (excludes halogenated alkanes) is 1. The molecule has 2 rings (SSSR count). The smallest absolute Gasteiger partial charge is 0.228 e. The number of carbonyl (C=O) groups excluding carboxylic acids is 1. The number of imidazole rings is 1. The molecule has 0 bridgehead atoms. The van der Waals surface area contributed by atoms with Gasteiger partial charge in [0.1, 0.15) is 11.6 Å². The highest BCUT2D eigenvalue weighted by molar-refractivity contribution is 5.92. The number of rotatable bonds is 4. The molecular formula is C12H19N3O. The van der Waals surface area contributed by atoms with Crippen molar-refractivity contribution >= 4 is 11.7 Å². The van der Waals surface area contributed by atoms with Crippen molar-refractivity contribution in [2.75, 3.05) is 11.4 Å². The van der Waals surface area contributed by atoms with Crippen LogP contribution in [0.3, 0.4) is 0 Å². The van der Waals surface area contributed by atoms with Crippen molar-refractivity contribution in [3.05, 3.63) is 12.0 Å². The van der Waals surface area contributed by atoms with Crippen molar-refractivity contribution in [3.63, 3.8) is 0 Å². The number of H-pyrrole nitrogens is 1. The molecule has 0 atom stereocenters. The van der Waals surface area contributed by atoms with Gasteiger partial charge in [0, 0.05) is 19.4 Å². The zero-order chi connectivity index (χ0) is 11.4. The van der Waals surface area contributed by atoms with Crippen LogP contribution in [0.15, 0.2) is 6.20 Å². The Labute approximate surface area is 96.1 Å². The number of hydrogen-bond acceptors (Lipinski definition) is 2. The molecule has 0 saturated carbocycles. The minimum atomic E-state index is 0.219. The van der Waals surface area contributed by atoms with Crippen LogP contribution in [0.2, 0.25) is 0 Å². The normalized spacial score (nSPS) is 16.8. The Bertz CT molecular complexity index is 359. The fourth-order valence-corrected chi connectivity index (χ4v) is 2.02. The average Bonchev–Trinajstić information content (AvgIpc) is 2.75. The largest absolute Gasteiger partial charge is 0.329 e. The summed E-state index contributed by atoms with van der Waals surface area (Å²) in [5.74, 6) is 2.09. The number of anilines is 1. The van der Waals surface area contributed by atoms with E-state index in [4.69, 9.17) is 0 Å². The molecule has 16 heavy (non-hydrogen) atoms. The van der Waals surface area contributed by atoms with Gasteiger partial charge in [-0.3, -0.25) is 9.69 Å². The molecule has 1 fully saturated rings. The van der Waals surface area contributed by atoms with Crippen LogP contribution in [0.4, 0.5) is 5.82 Å². The molecule has 1 aliphatic heterocycles. The van der Waals surface area contributed by atoms with Crippen molar-refractivity contribution in [2.24, 2.45) is 0 Å². The summed E-state index contributed by atoms with van der Waals surface area (Å²) in [5, 5.41) is 0. The molecule has 0 aromatic carbocycles. The first-order valence-electron chi connectivity index (χ1n) is 6.15. The van der Waals surface area contributed by atoms with Crippen LogP contribution in [-0.4, -0.2) is 22.4 Å². The quantitative estimate of drug-likeness (QED) is 0.847. The zero-order valence-electron chi connectivity index (χ0n) is 9.83. The van der Waals surface area contributed by atoms with Gasteiger partial charge in [-0.05, 0) is 19.3 Å². The Kier molecular flexibility index (Phi) is 3.59. The number of aryl methyl sites for hydroxylation is 1. The molecule has 0 aliphatic carbocycles. The molecule has 1 aromatic rings. The first-order valence-corrected chi connectivity index (χ1v) is 6.15. The van der Waals surface area contributed by atoms with E-state index in [1.165, 1.54) is 6.42 Å². The number of hydrogen-bond donors (Lipinski definition) is 1. The molecule has 0 spiro atoms. The second-order valence-corrected chi connectivity index (χ2v) is 4.32. The molecule has 0 unspecified atom stereocenters. The first kappa shape index (κ1) is 11.2. The van der Waals surface area contributed by atoms with Crippen molar-refractivity contribution in [3.8, 4) is 0 Å². The van der Waals surface area contributed by atoms with Crippen LogP contribution < -0.4 is 4.90 Å². The van der Waals surface area contributed by atoms with E-state index < -0.39 is 0 Å². The number of aromatic nitrogens is 2.